The Morgan fingerprint density at radius 1 is 1.60 bits per heavy atom. The summed E-state index contributed by atoms with van der Waals surface area (Å²) in [5.41, 5.74) is 0.389. The summed E-state index contributed by atoms with van der Waals surface area (Å²) in [7, 11) is 1.63. The van der Waals surface area contributed by atoms with E-state index in [-0.39, 0.29) is 11.4 Å². The topological polar surface area (TPSA) is 64.4 Å². The van der Waals surface area contributed by atoms with Gasteiger partial charge in [0, 0.05) is 17.6 Å². The summed E-state index contributed by atoms with van der Waals surface area (Å²) in [6, 6.07) is 3.23. The van der Waals surface area contributed by atoms with Gasteiger partial charge in [0.05, 0.1) is 11.5 Å². The third kappa shape index (κ3) is 2.59. The molecule has 0 saturated heterocycles. The van der Waals surface area contributed by atoms with Crippen LogP contribution in [0.1, 0.15) is 6.92 Å². The molecular formula is C9H11BrN2O3. The van der Waals surface area contributed by atoms with Gasteiger partial charge >= 0.3 is 5.69 Å². The van der Waals surface area contributed by atoms with Crippen LogP contribution in [0, 0.1) is 10.1 Å². The Balaban J connectivity index is 3.33. The molecule has 0 unspecified atom stereocenters. The molecule has 0 bridgehead atoms. The summed E-state index contributed by atoms with van der Waals surface area (Å²) in [5, 5.41) is 13.6. The third-order valence-corrected chi connectivity index (χ3v) is 2.25. The molecule has 0 aliphatic rings. The van der Waals surface area contributed by atoms with Gasteiger partial charge < -0.3 is 10.1 Å². The van der Waals surface area contributed by atoms with Crippen LogP contribution < -0.4 is 10.1 Å². The van der Waals surface area contributed by atoms with Crippen LogP contribution in [0.3, 0.4) is 0 Å². The van der Waals surface area contributed by atoms with Crippen LogP contribution in [-0.2, 0) is 0 Å². The summed E-state index contributed by atoms with van der Waals surface area (Å²) in [4.78, 5) is 10.4. The van der Waals surface area contributed by atoms with Crippen LogP contribution in [0.2, 0.25) is 0 Å². The van der Waals surface area contributed by atoms with Crippen molar-refractivity contribution in [3.05, 3.63) is 26.7 Å². The number of nitrogens with one attached hydrogen (secondary N) is 1. The lowest BCUT2D eigenvalue weighted by atomic mass is 10.2. The largest absolute Gasteiger partial charge is 0.487 e. The molecule has 1 aromatic rings. The maximum absolute atomic E-state index is 10.9. The fraction of sp³-hybridized carbons (Fsp3) is 0.333. The minimum Gasteiger partial charge on any atom is -0.487 e. The minimum absolute atomic E-state index is 0.0393. The predicted molar refractivity (Wildman–Crippen MR) is 61.5 cm³/mol. The lowest BCUT2D eigenvalue weighted by Crippen LogP contribution is -2.01. The normalized spacial score (nSPS) is 9.80. The van der Waals surface area contributed by atoms with Gasteiger partial charge in [-0.05, 0) is 13.0 Å². The molecule has 0 amide bonds. The first kappa shape index (κ1) is 11.8. The molecule has 1 aromatic carbocycles. The van der Waals surface area contributed by atoms with Crippen molar-refractivity contribution in [3.63, 3.8) is 0 Å². The minimum atomic E-state index is -0.455. The lowest BCUT2D eigenvalue weighted by molar-refractivity contribution is -0.384. The van der Waals surface area contributed by atoms with E-state index in [0.717, 1.165) is 4.47 Å². The number of ether oxygens (including phenoxy) is 1. The van der Waals surface area contributed by atoms with E-state index in [0.29, 0.717) is 12.3 Å². The molecule has 0 atom stereocenters. The summed E-state index contributed by atoms with van der Waals surface area (Å²) in [6.45, 7) is 2.17. The standard InChI is InChI=1S/C9H11BrN2O3/c1-3-15-8-5-6(10)4-7(11-2)9(8)12(13)14/h4-5,11H,3H2,1-2H3. The van der Waals surface area contributed by atoms with Gasteiger partial charge in [0.15, 0.2) is 5.75 Å². The Morgan fingerprint density at radius 3 is 2.73 bits per heavy atom. The number of nitro benzene ring substituents is 1. The van der Waals surface area contributed by atoms with Crippen molar-refractivity contribution in [2.75, 3.05) is 19.0 Å². The maximum Gasteiger partial charge on any atom is 0.333 e. The Labute approximate surface area is 95.7 Å². The number of nitro groups is 1. The van der Waals surface area contributed by atoms with Crippen LogP contribution >= 0.6 is 15.9 Å². The lowest BCUT2D eigenvalue weighted by Gasteiger charge is -2.08. The monoisotopic (exact) mass is 274 g/mol. The summed E-state index contributed by atoms with van der Waals surface area (Å²) in [5.74, 6) is 0.265. The molecule has 1 rings (SSSR count). The smallest absolute Gasteiger partial charge is 0.333 e. The van der Waals surface area contributed by atoms with E-state index in [4.69, 9.17) is 4.74 Å². The number of halogens is 1. The molecule has 0 saturated carbocycles. The Bertz CT molecular complexity index is 382. The summed E-state index contributed by atoms with van der Waals surface area (Å²) < 4.78 is 5.95. The van der Waals surface area contributed by atoms with E-state index >= 15 is 0 Å². The van der Waals surface area contributed by atoms with Crippen molar-refractivity contribution < 1.29 is 9.66 Å². The highest BCUT2D eigenvalue weighted by Crippen LogP contribution is 2.37. The van der Waals surface area contributed by atoms with E-state index in [9.17, 15) is 10.1 Å². The molecular weight excluding hydrogens is 264 g/mol. The van der Waals surface area contributed by atoms with Gasteiger partial charge in [0.25, 0.3) is 0 Å². The van der Waals surface area contributed by atoms with Crippen molar-refractivity contribution in [3.8, 4) is 5.75 Å². The highest BCUT2D eigenvalue weighted by atomic mass is 79.9. The number of anilines is 1. The molecule has 1 N–H and O–H groups in total. The van der Waals surface area contributed by atoms with Gasteiger partial charge in [0.2, 0.25) is 0 Å². The molecule has 0 spiro atoms. The Morgan fingerprint density at radius 2 is 2.27 bits per heavy atom. The highest BCUT2D eigenvalue weighted by Gasteiger charge is 2.21. The highest BCUT2D eigenvalue weighted by molar-refractivity contribution is 9.10. The van der Waals surface area contributed by atoms with E-state index in [1.165, 1.54) is 0 Å². The number of hydrogen-bond acceptors (Lipinski definition) is 4. The second-order valence-corrected chi connectivity index (χ2v) is 3.66. The summed E-state index contributed by atoms with van der Waals surface area (Å²) in [6.07, 6.45) is 0. The Hall–Kier alpha value is -1.30. The molecule has 0 fully saturated rings. The van der Waals surface area contributed by atoms with E-state index < -0.39 is 4.92 Å². The predicted octanol–water partition coefficient (Wildman–Crippen LogP) is 2.80. The Kier molecular flexibility index (Phi) is 3.90. The second-order valence-electron chi connectivity index (χ2n) is 2.74. The fourth-order valence-corrected chi connectivity index (χ4v) is 1.66. The summed E-state index contributed by atoms with van der Waals surface area (Å²) >= 11 is 3.26. The van der Waals surface area contributed by atoms with Crippen LogP contribution in [0.5, 0.6) is 5.75 Å². The first-order valence-electron chi connectivity index (χ1n) is 4.38. The maximum atomic E-state index is 10.9. The van der Waals surface area contributed by atoms with Crippen LogP contribution in [-0.4, -0.2) is 18.6 Å². The molecule has 0 aliphatic heterocycles. The molecule has 6 heteroatoms. The van der Waals surface area contributed by atoms with Crippen molar-refractivity contribution in [1.82, 2.24) is 0 Å². The third-order valence-electron chi connectivity index (χ3n) is 1.79. The number of nitrogens with zero attached hydrogens (tertiary/aromatic N) is 1. The first-order chi connectivity index (χ1) is 7.10. The van der Waals surface area contributed by atoms with Gasteiger partial charge in [-0.3, -0.25) is 10.1 Å². The van der Waals surface area contributed by atoms with E-state index in [1.807, 2.05) is 0 Å². The van der Waals surface area contributed by atoms with Gasteiger partial charge in [-0.25, -0.2) is 0 Å². The van der Waals surface area contributed by atoms with Gasteiger partial charge in [-0.15, -0.1) is 0 Å². The van der Waals surface area contributed by atoms with Crippen LogP contribution in [0.4, 0.5) is 11.4 Å². The molecule has 15 heavy (non-hydrogen) atoms. The number of hydrogen-bond donors (Lipinski definition) is 1. The zero-order valence-corrected chi connectivity index (χ0v) is 10.00. The van der Waals surface area contributed by atoms with Gasteiger partial charge in [0.1, 0.15) is 5.69 Å². The van der Waals surface area contributed by atoms with Crippen molar-refractivity contribution >= 4 is 27.3 Å². The quantitative estimate of drug-likeness (QED) is 0.677. The van der Waals surface area contributed by atoms with Crippen molar-refractivity contribution in [1.29, 1.82) is 0 Å². The zero-order chi connectivity index (χ0) is 11.4. The molecule has 0 aromatic heterocycles. The average molecular weight is 275 g/mol. The van der Waals surface area contributed by atoms with Crippen LogP contribution in [0.25, 0.3) is 0 Å². The van der Waals surface area contributed by atoms with E-state index in [2.05, 4.69) is 21.2 Å². The van der Waals surface area contributed by atoms with Gasteiger partial charge in [-0.2, -0.15) is 0 Å². The molecule has 0 radical (unpaired) electrons. The van der Waals surface area contributed by atoms with Crippen LogP contribution in [0.15, 0.2) is 16.6 Å². The molecule has 0 heterocycles. The molecule has 0 aliphatic carbocycles. The first-order valence-corrected chi connectivity index (χ1v) is 5.18. The van der Waals surface area contributed by atoms with E-state index in [1.54, 1.807) is 26.1 Å². The number of rotatable bonds is 4. The average Bonchev–Trinajstić information content (AvgIpc) is 2.16. The number of benzene rings is 1. The second kappa shape index (κ2) is 4.97. The SMILES string of the molecule is CCOc1cc(Br)cc(NC)c1[N+](=O)[O-]. The van der Waals surface area contributed by atoms with Gasteiger partial charge in [-0.1, -0.05) is 15.9 Å². The fourth-order valence-electron chi connectivity index (χ4n) is 1.22. The molecule has 82 valence electrons. The molecule has 5 nitrogen and oxygen atoms in total. The van der Waals surface area contributed by atoms with Crippen molar-refractivity contribution in [2.24, 2.45) is 0 Å². The zero-order valence-electron chi connectivity index (χ0n) is 8.41. The van der Waals surface area contributed by atoms with Crippen molar-refractivity contribution in [2.45, 2.75) is 6.92 Å².